The second kappa shape index (κ2) is 8.17. The van der Waals surface area contributed by atoms with Crippen molar-refractivity contribution in [1.82, 2.24) is 15.6 Å². The molecular weight excluding hydrogens is 357 g/mol. The minimum absolute atomic E-state index is 0.0913. The number of hydrazone groups is 1. The van der Waals surface area contributed by atoms with Crippen molar-refractivity contribution >= 4 is 23.5 Å². The number of thiocarbonyl (C=S) groups is 1. The molecule has 0 spiro atoms. The lowest BCUT2D eigenvalue weighted by atomic mass is 10.1. The number of halogens is 1. The number of benzene rings is 2. The third-order valence-corrected chi connectivity index (χ3v) is 3.29. The summed E-state index contributed by atoms with van der Waals surface area (Å²) in [6, 6.07) is 13.0. The van der Waals surface area contributed by atoms with Crippen molar-refractivity contribution in [2.75, 3.05) is 0 Å². The monoisotopic (exact) mass is 371 g/mol. The highest BCUT2D eigenvalue weighted by Gasteiger charge is 2.09. The Hall–Kier alpha value is -3.33. The standard InChI is InChI=1S/C17H14FN5O2S/c18-13-5-7-14(8-6-13)24-10-15-21-16(23-25-15)12-3-1-11(2-4-12)9-20-22-17(19)26/h1-9H,10H2,(H3,19,22,26). The Morgan fingerprint density at radius 3 is 2.65 bits per heavy atom. The highest BCUT2D eigenvalue weighted by Crippen LogP contribution is 2.17. The molecule has 0 unspecified atom stereocenters. The molecule has 0 aliphatic carbocycles. The van der Waals surface area contributed by atoms with Crippen LogP contribution in [0.2, 0.25) is 0 Å². The normalized spacial score (nSPS) is 10.8. The van der Waals surface area contributed by atoms with Crippen molar-refractivity contribution in [3.63, 3.8) is 0 Å². The van der Waals surface area contributed by atoms with Crippen LogP contribution in [0.4, 0.5) is 4.39 Å². The Balaban J connectivity index is 1.61. The molecular formula is C17H14FN5O2S. The summed E-state index contributed by atoms with van der Waals surface area (Å²) in [5.41, 5.74) is 9.39. The third-order valence-electron chi connectivity index (χ3n) is 3.20. The number of nitrogens with two attached hydrogens (primary N) is 1. The number of hydrogen-bond donors (Lipinski definition) is 2. The van der Waals surface area contributed by atoms with E-state index in [2.05, 4.69) is 32.9 Å². The third kappa shape index (κ3) is 4.84. The lowest BCUT2D eigenvalue weighted by Crippen LogP contribution is -2.23. The molecule has 0 bridgehead atoms. The molecule has 0 aliphatic rings. The van der Waals surface area contributed by atoms with Gasteiger partial charge >= 0.3 is 0 Å². The van der Waals surface area contributed by atoms with Gasteiger partial charge in [0.2, 0.25) is 5.82 Å². The quantitative estimate of drug-likeness (QED) is 0.390. The van der Waals surface area contributed by atoms with Gasteiger partial charge in [-0.3, -0.25) is 5.43 Å². The van der Waals surface area contributed by atoms with Crippen LogP contribution >= 0.6 is 12.2 Å². The zero-order chi connectivity index (χ0) is 18.4. The number of ether oxygens (including phenoxy) is 1. The molecule has 0 fully saturated rings. The molecule has 2 aromatic carbocycles. The van der Waals surface area contributed by atoms with Crippen LogP contribution in [0, 0.1) is 5.82 Å². The smallest absolute Gasteiger partial charge is 0.264 e. The van der Waals surface area contributed by atoms with Crippen LogP contribution in [0.5, 0.6) is 5.75 Å². The van der Waals surface area contributed by atoms with Gasteiger partial charge in [-0.05, 0) is 42.0 Å². The van der Waals surface area contributed by atoms with Gasteiger partial charge in [-0.25, -0.2) is 4.39 Å². The van der Waals surface area contributed by atoms with Gasteiger partial charge < -0.3 is 15.0 Å². The minimum atomic E-state index is -0.326. The van der Waals surface area contributed by atoms with Crippen molar-refractivity contribution in [3.05, 3.63) is 65.8 Å². The first-order valence-electron chi connectivity index (χ1n) is 7.50. The van der Waals surface area contributed by atoms with Crippen LogP contribution in [0.25, 0.3) is 11.4 Å². The van der Waals surface area contributed by atoms with Gasteiger partial charge in [0.05, 0.1) is 6.21 Å². The number of nitrogens with one attached hydrogen (secondary N) is 1. The van der Waals surface area contributed by atoms with Gasteiger partial charge in [-0.2, -0.15) is 10.1 Å². The summed E-state index contributed by atoms with van der Waals surface area (Å²) < 4.78 is 23.5. The Labute approximate surface area is 153 Å². The lowest BCUT2D eigenvalue weighted by molar-refractivity contribution is 0.242. The average molecular weight is 371 g/mol. The summed E-state index contributed by atoms with van der Waals surface area (Å²) in [4.78, 5) is 4.27. The molecule has 3 aromatic rings. The van der Waals surface area contributed by atoms with Crippen molar-refractivity contribution in [2.45, 2.75) is 6.61 Å². The van der Waals surface area contributed by atoms with Crippen LogP contribution in [0.15, 0.2) is 58.2 Å². The van der Waals surface area contributed by atoms with Crippen molar-refractivity contribution in [3.8, 4) is 17.1 Å². The van der Waals surface area contributed by atoms with Crippen LogP contribution in [0.1, 0.15) is 11.5 Å². The van der Waals surface area contributed by atoms with E-state index in [1.165, 1.54) is 24.3 Å². The Morgan fingerprint density at radius 2 is 1.96 bits per heavy atom. The molecule has 26 heavy (non-hydrogen) atoms. The molecule has 0 amide bonds. The van der Waals surface area contributed by atoms with E-state index in [0.717, 1.165) is 11.1 Å². The second-order valence-electron chi connectivity index (χ2n) is 5.11. The maximum absolute atomic E-state index is 12.9. The average Bonchev–Trinajstić information content (AvgIpc) is 3.11. The first kappa shape index (κ1) is 17.5. The fraction of sp³-hybridized carbons (Fsp3) is 0.0588. The number of nitrogens with zero attached hydrogens (tertiary/aromatic N) is 3. The maximum atomic E-state index is 12.9. The van der Waals surface area contributed by atoms with E-state index < -0.39 is 0 Å². The van der Waals surface area contributed by atoms with Crippen LogP contribution < -0.4 is 15.9 Å². The summed E-state index contributed by atoms with van der Waals surface area (Å²) in [6.45, 7) is 0.0913. The highest BCUT2D eigenvalue weighted by atomic mass is 32.1. The Kier molecular flexibility index (Phi) is 5.49. The van der Waals surface area contributed by atoms with Gasteiger partial charge in [0, 0.05) is 5.56 Å². The SMILES string of the molecule is NC(=S)NN=Cc1ccc(-c2noc(COc3ccc(F)cc3)n2)cc1. The summed E-state index contributed by atoms with van der Waals surface area (Å²) in [5.74, 6) is 0.941. The van der Waals surface area contributed by atoms with Crippen LogP contribution in [-0.2, 0) is 6.61 Å². The molecule has 0 saturated heterocycles. The molecule has 3 rings (SSSR count). The highest BCUT2D eigenvalue weighted by molar-refractivity contribution is 7.80. The van der Waals surface area contributed by atoms with Gasteiger partial charge in [-0.1, -0.05) is 29.4 Å². The van der Waals surface area contributed by atoms with Crippen molar-refractivity contribution in [2.24, 2.45) is 10.8 Å². The topological polar surface area (TPSA) is 98.6 Å². The molecule has 7 nitrogen and oxygen atoms in total. The first-order valence-corrected chi connectivity index (χ1v) is 7.91. The summed E-state index contributed by atoms with van der Waals surface area (Å²) in [6.07, 6.45) is 1.58. The van der Waals surface area contributed by atoms with Crippen LogP contribution in [0.3, 0.4) is 0 Å². The number of aromatic nitrogens is 2. The Bertz CT molecular complexity index is 910. The summed E-state index contributed by atoms with van der Waals surface area (Å²) in [7, 11) is 0. The van der Waals surface area contributed by atoms with Gasteiger partial charge in [0.25, 0.3) is 5.89 Å². The molecule has 3 N–H and O–H groups in total. The van der Waals surface area contributed by atoms with Crippen molar-refractivity contribution < 1.29 is 13.7 Å². The summed E-state index contributed by atoms with van der Waals surface area (Å²) >= 11 is 4.66. The molecule has 0 saturated carbocycles. The lowest BCUT2D eigenvalue weighted by Gasteiger charge is -2.01. The van der Waals surface area contributed by atoms with E-state index in [-0.39, 0.29) is 17.5 Å². The fourth-order valence-corrected chi connectivity index (χ4v) is 2.05. The van der Waals surface area contributed by atoms with E-state index in [4.69, 9.17) is 15.0 Å². The zero-order valence-electron chi connectivity index (χ0n) is 13.4. The van der Waals surface area contributed by atoms with Gasteiger partial charge in [0.1, 0.15) is 11.6 Å². The molecule has 132 valence electrons. The minimum Gasteiger partial charge on any atom is -0.484 e. The second-order valence-corrected chi connectivity index (χ2v) is 5.55. The molecule has 1 aromatic heterocycles. The van der Waals surface area contributed by atoms with Gasteiger partial charge in [0.15, 0.2) is 11.7 Å². The fourth-order valence-electron chi connectivity index (χ4n) is 2.00. The van der Waals surface area contributed by atoms with E-state index in [9.17, 15) is 4.39 Å². The first-order chi connectivity index (χ1) is 12.6. The molecule has 9 heteroatoms. The number of rotatable bonds is 6. The predicted octanol–water partition coefficient (Wildman–Crippen LogP) is 2.62. The summed E-state index contributed by atoms with van der Waals surface area (Å²) in [5, 5.41) is 7.89. The van der Waals surface area contributed by atoms with Gasteiger partial charge in [-0.15, -0.1) is 0 Å². The van der Waals surface area contributed by atoms with Crippen molar-refractivity contribution in [1.29, 1.82) is 0 Å². The van der Waals surface area contributed by atoms with Crippen LogP contribution in [-0.4, -0.2) is 21.5 Å². The molecule has 0 atom stereocenters. The van der Waals surface area contributed by atoms with E-state index in [1.54, 1.807) is 6.21 Å². The van der Waals surface area contributed by atoms with E-state index >= 15 is 0 Å². The Morgan fingerprint density at radius 1 is 1.23 bits per heavy atom. The molecule has 0 radical (unpaired) electrons. The zero-order valence-corrected chi connectivity index (χ0v) is 14.2. The molecule has 0 aliphatic heterocycles. The molecule has 1 heterocycles. The predicted molar refractivity (Wildman–Crippen MR) is 98.0 cm³/mol. The van der Waals surface area contributed by atoms with E-state index in [1.807, 2.05) is 24.3 Å². The number of hydrogen-bond acceptors (Lipinski definition) is 6. The largest absolute Gasteiger partial charge is 0.484 e. The maximum Gasteiger partial charge on any atom is 0.264 e. The van der Waals surface area contributed by atoms with E-state index in [0.29, 0.717) is 17.5 Å².